The van der Waals surface area contributed by atoms with E-state index in [-0.39, 0.29) is 11.6 Å². The molecule has 0 spiro atoms. The lowest BCUT2D eigenvalue weighted by molar-refractivity contribution is -0.0399. The summed E-state index contributed by atoms with van der Waals surface area (Å²) in [5.74, 6) is 0.407. The van der Waals surface area contributed by atoms with Gasteiger partial charge in [-0.05, 0) is 61.8 Å². The van der Waals surface area contributed by atoms with Crippen molar-refractivity contribution in [2.45, 2.75) is 52.2 Å². The van der Waals surface area contributed by atoms with Gasteiger partial charge in [0.1, 0.15) is 0 Å². The number of aromatic nitrogens is 2. The highest BCUT2D eigenvalue weighted by atomic mass is 16.5. The van der Waals surface area contributed by atoms with Crippen molar-refractivity contribution in [2.24, 2.45) is 11.3 Å². The number of hydrogen-bond donors (Lipinski definition) is 0. The minimum Gasteiger partial charge on any atom is -0.385 e. The molecule has 0 saturated carbocycles. The zero-order chi connectivity index (χ0) is 21.4. The Hall–Kier alpha value is -2.37. The van der Waals surface area contributed by atoms with Crippen molar-refractivity contribution >= 4 is 11.8 Å². The van der Waals surface area contributed by atoms with Crippen LogP contribution in [-0.4, -0.2) is 30.1 Å². The lowest BCUT2D eigenvalue weighted by Gasteiger charge is -2.35. The molecule has 0 N–H and O–H groups in total. The Bertz CT molecular complexity index is 987. The molecule has 31 heavy (non-hydrogen) atoms. The van der Waals surface area contributed by atoms with Crippen molar-refractivity contribution in [3.05, 3.63) is 65.3 Å². The molecule has 5 heteroatoms. The standard InChI is InChI=1S/C26H33N3O2/c1-19(12-14-30-3)23-17-26(2)16-20-18-27-29(25-11-7-8-13-31-25)22(20)15-24(26)28(23)21-9-5-4-6-10-21/h4-6,9-10,15,17-19,25H,7-8,11-14,16H2,1-3H3. The maximum absolute atomic E-state index is 6.07. The fourth-order valence-electron chi connectivity index (χ4n) is 5.27. The highest BCUT2D eigenvalue weighted by Gasteiger charge is 2.44. The van der Waals surface area contributed by atoms with E-state index in [0.717, 1.165) is 38.9 Å². The third-order valence-corrected chi connectivity index (χ3v) is 7.00. The number of nitrogens with zero attached hydrogens (tertiary/aromatic N) is 3. The highest BCUT2D eigenvalue weighted by Crippen LogP contribution is 2.51. The molecule has 164 valence electrons. The summed E-state index contributed by atoms with van der Waals surface area (Å²) in [6, 6.07) is 10.7. The summed E-state index contributed by atoms with van der Waals surface area (Å²) < 4.78 is 13.6. The van der Waals surface area contributed by atoms with Gasteiger partial charge in [0.15, 0.2) is 6.23 Å². The normalized spacial score (nSPS) is 26.2. The second kappa shape index (κ2) is 8.29. The van der Waals surface area contributed by atoms with E-state index in [4.69, 9.17) is 14.6 Å². The first kappa shape index (κ1) is 20.5. The lowest BCUT2D eigenvalue weighted by atomic mass is 9.77. The zero-order valence-corrected chi connectivity index (χ0v) is 18.9. The minimum absolute atomic E-state index is 0.0409. The van der Waals surface area contributed by atoms with E-state index in [1.807, 2.05) is 0 Å². The van der Waals surface area contributed by atoms with Crippen LogP contribution in [0.5, 0.6) is 0 Å². The van der Waals surface area contributed by atoms with Crippen LogP contribution >= 0.6 is 0 Å². The fraction of sp³-hybridized carbons (Fsp3) is 0.500. The monoisotopic (exact) mass is 419 g/mol. The van der Waals surface area contributed by atoms with Crippen LogP contribution in [-0.2, 0) is 15.9 Å². The Morgan fingerprint density at radius 3 is 2.84 bits per heavy atom. The summed E-state index contributed by atoms with van der Waals surface area (Å²) in [7, 11) is 1.78. The van der Waals surface area contributed by atoms with Crippen molar-refractivity contribution in [2.75, 3.05) is 25.2 Å². The number of benzene rings is 1. The molecular weight excluding hydrogens is 386 g/mol. The molecular formula is C26H33N3O2. The van der Waals surface area contributed by atoms with Gasteiger partial charge in [0, 0.05) is 42.8 Å². The predicted molar refractivity (Wildman–Crippen MR) is 124 cm³/mol. The maximum Gasteiger partial charge on any atom is 0.150 e. The third-order valence-electron chi connectivity index (χ3n) is 7.00. The summed E-state index contributed by atoms with van der Waals surface area (Å²) >= 11 is 0. The van der Waals surface area contributed by atoms with E-state index >= 15 is 0 Å². The number of methoxy groups -OCH3 is 1. The van der Waals surface area contributed by atoms with Gasteiger partial charge in [-0.1, -0.05) is 38.1 Å². The smallest absolute Gasteiger partial charge is 0.150 e. The predicted octanol–water partition coefficient (Wildman–Crippen LogP) is 5.56. The van der Waals surface area contributed by atoms with E-state index in [1.54, 1.807) is 7.11 Å². The van der Waals surface area contributed by atoms with Crippen LogP contribution in [0.2, 0.25) is 0 Å². The zero-order valence-electron chi connectivity index (χ0n) is 18.9. The van der Waals surface area contributed by atoms with Crippen molar-refractivity contribution in [1.29, 1.82) is 0 Å². The summed E-state index contributed by atoms with van der Waals surface area (Å²) in [5, 5.41) is 4.76. The van der Waals surface area contributed by atoms with Crippen molar-refractivity contribution in [3.63, 3.8) is 0 Å². The van der Waals surface area contributed by atoms with Gasteiger partial charge >= 0.3 is 0 Å². The van der Waals surface area contributed by atoms with Gasteiger partial charge in [0.05, 0.1) is 11.9 Å². The van der Waals surface area contributed by atoms with Gasteiger partial charge in [-0.15, -0.1) is 0 Å². The Morgan fingerprint density at radius 2 is 2.10 bits per heavy atom. The fourth-order valence-corrected chi connectivity index (χ4v) is 5.27. The Kier molecular flexibility index (Phi) is 5.49. The summed E-state index contributed by atoms with van der Waals surface area (Å²) in [5.41, 5.74) is 6.41. The van der Waals surface area contributed by atoms with Gasteiger partial charge in [0.2, 0.25) is 0 Å². The maximum atomic E-state index is 6.07. The first-order chi connectivity index (χ1) is 15.1. The van der Waals surface area contributed by atoms with Gasteiger partial charge in [-0.25, -0.2) is 4.68 Å². The second-order valence-electron chi connectivity index (χ2n) is 9.37. The van der Waals surface area contributed by atoms with E-state index in [1.165, 1.54) is 34.8 Å². The lowest BCUT2D eigenvalue weighted by Crippen LogP contribution is -2.30. The Morgan fingerprint density at radius 1 is 1.26 bits per heavy atom. The number of fused-ring (bicyclic) bond motifs is 2. The average Bonchev–Trinajstić information content (AvgIpc) is 3.34. The van der Waals surface area contributed by atoms with Crippen LogP contribution in [0.15, 0.2) is 54.0 Å². The Balaban J connectivity index is 1.57. The minimum atomic E-state index is -0.0409. The molecule has 1 fully saturated rings. The number of ether oxygens (including phenoxy) is 2. The van der Waals surface area contributed by atoms with E-state index < -0.39 is 0 Å². The molecule has 0 amide bonds. The molecule has 5 rings (SSSR count). The summed E-state index contributed by atoms with van der Waals surface area (Å²) in [6.45, 7) is 6.27. The highest BCUT2D eigenvalue weighted by molar-refractivity contribution is 5.73. The van der Waals surface area contributed by atoms with Crippen LogP contribution in [0.4, 0.5) is 5.69 Å². The molecule has 3 aliphatic rings. The molecule has 3 heterocycles. The quantitative estimate of drug-likeness (QED) is 0.614. The van der Waals surface area contributed by atoms with Crippen LogP contribution < -0.4 is 4.90 Å². The first-order valence-corrected chi connectivity index (χ1v) is 11.6. The van der Waals surface area contributed by atoms with Crippen LogP contribution in [0.3, 0.4) is 0 Å². The molecule has 1 aliphatic carbocycles. The summed E-state index contributed by atoms with van der Waals surface area (Å²) in [4.78, 5) is 2.47. The van der Waals surface area contributed by atoms with Crippen molar-refractivity contribution in [1.82, 2.24) is 9.78 Å². The van der Waals surface area contributed by atoms with E-state index in [0.29, 0.717) is 5.92 Å². The van der Waals surface area contributed by atoms with E-state index in [9.17, 15) is 0 Å². The topological polar surface area (TPSA) is 39.5 Å². The molecule has 1 aromatic carbocycles. The average molecular weight is 420 g/mol. The first-order valence-electron chi connectivity index (χ1n) is 11.6. The number of para-hydroxylation sites is 1. The molecule has 0 radical (unpaired) electrons. The number of allylic oxidation sites excluding steroid dienone is 2. The number of anilines is 1. The van der Waals surface area contributed by atoms with Gasteiger partial charge in [-0.2, -0.15) is 5.10 Å². The largest absolute Gasteiger partial charge is 0.385 e. The van der Waals surface area contributed by atoms with Crippen molar-refractivity contribution < 1.29 is 9.47 Å². The second-order valence-corrected chi connectivity index (χ2v) is 9.37. The van der Waals surface area contributed by atoms with Gasteiger partial charge in [-0.3, -0.25) is 0 Å². The van der Waals surface area contributed by atoms with E-state index in [2.05, 4.69) is 72.1 Å². The summed E-state index contributed by atoms with van der Waals surface area (Å²) in [6.07, 6.45) is 12.3. The molecule has 1 saturated heterocycles. The Labute approximate surface area is 185 Å². The SMILES string of the molecule is COCCC(C)C1=CC2(C)Cc3cnn(C4CCCCO4)c3C=C2N1c1ccccc1. The van der Waals surface area contributed by atoms with Crippen LogP contribution in [0.1, 0.15) is 57.0 Å². The molecule has 2 aromatic rings. The molecule has 5 nitrogen and oxygen atoms in total. The van der Waals surface area contributed by atoms with Crippen LogP contribution in [0.25, 0.3) is 6.08 Å². The molecule has 3 unspecified atom stereocenters. The number of hydrogen-bond acceptors (Lipinski definition) is 4. The van der Waals surface area contributed by atoms with Gasteiger partial charge < -0.3 is 14.4 Å². The number of rotatable bonds is 6. The van der Waals surface area contributed by atoms with Crippen LogP contribution in [0, 0.1) is 11.3 Å². The molecule has 1 aromatic heterocycles. The molecule has 3 atom stereocenters. The van der Waals surface area contributed by atoms with Gasteiger partial charge in [0.25, 0.3) is 0 Å². The molecule has 0 bridgehead atoms. The third kappa shape index (κ3) is 3.64. The molecule has 2 aliphatic heterocycles. The van der Waals surface area contributed by atoms with Crippen molar-refractivity contribution in [3.8, 4) is 0 Å².